The van der Waals surface area contributed by atoms with E-state index in [0.29, 0.717) is 10.6 Å². The molecule has 0 radical (unpaired) electrons. The summed E-state index contributed by atoms with van der Waals surface area (Å²) in [6, 6.07) is 11.1. The van der Waals surface area contributed by atoms with Gasteiger partial charge in [0.25, 0.3) is 9.05 Å². The van der Waals surface area contributed by atoms with Crippen LogP contribution in [0.4, 0.5) is 0 Å². The van der Waals surface area contributed by atoms with Gasteiger partial charge in [0.1, 0.15) is 16.5 Å². The zero-order valence-corrected chi connectivity index (χ0v) is 15.2. The van der Waals surface area contributed by atoms with Gasteiger partial charge in [-0.05, 0) is 29.3 Å². The number of aromatic nitrogens is 2. The van der Waals surface area contributed by atoms with Crippen LogP contribution in [0.5, 0.6) is 0 Å². The Kier molecular flexibility index (Phi) is 4.63. The highest BCUT2D eigenvalue weighted by Gasteiger charge is 2.27. The van der Waals surface area contributed by atoms with Crippen LogP contribution >= 0.6 is 22.3 Å². The van der Waals surface area contributed by atoms with E-state index in [-0.39, 0.29) is 27.3 Å². The Bertz CT molecular complexity index is 1180. The molecule has 132 valence electrons. The number of carbonyl (C=O) groups is 1. The summed E-state index contributed by atoms with van der Waals surface area (Å²) in [6.07, 6.45) is 0. The van der Waals surface area contributed by atoms with Gasteiger partial charge >= 0.3 is 0 Å². The number of hydrogen-bond acceptors (Lipinski definition) is 5. The number of rotatable bonds is 4. The van der Waals surface area contributed by atoms with Gasteiger partial charge in [0.15, 0.2) is 0 Å². The van der Waals surface area contributed by atoms with Gasteiger partial charge in [-0.1, -0.05) is 29.8 Å². The van der Waals surface area contributed by atoms with E-state index in [4.69, 9.17) is 33.3 Å². The first-order valence-electron chi connectivity index (χ1n) is 7.14. The van der Waals surface area contributed by atoms with E-state index in [1.165, 1.54) is 12.1 Å². The molecule has 26 heavy (non-hydrogen) atoms. The Labute approximate surface area is 157 Å². The van der Waals surface area contributed by atoms with Crippen LogP contribution in [-0.2, 0) is 13.8 Å². The number of nitrogens with one attached hydrogen (secondary N) is 1. The predicted octanol–water partition coefficient (Wildman–Crippen LogP) is 2.63. The summed E-state index contributed by atoms with van der Waals surface area (Å²) in [6.45, 7) is 0. The van der Waals surface area contributed by atoms with Gasteiger partial charge in [-0.2, -0.15) is 5.26 Å². The Morgan fingerprint density at radius 3 is 2.58 bits per heavy atom. The second-order valence-electron chi connectivity index (χ2n) is 5.41. The molecule has 0 bridgehead atoms. The van der Waals surface area contributed by atoms with E-state index >= 15 is 0 Å². The smallest absolute Gasteiger partial charge is 0.263 e. The van der Waals surface area contributed by atoms with Crippen molar-refractivity contribution < 1.29 is 13.2 Å². The standard InChI is InChI=1S/C16H10Cl2N4O3S/c17-10-4-2-1-3-9(10)14(16(20)23)8-5-11-15(22-13(7-19)21-11)12(6-8)26(18,24)25/h1-6,14H,(H2,20,23)(H,21,22). The number of halogens is 2. The average molecular weight is 409 g/mol. The molecule has 0 fully saturated rings. The molecule has 0 aliphatic heterocycles. The third-order valence-corrected chi connectivity index (χ3v) is 5.46. The highest BCUT2D eigenvalue weighted by Crippen LogP contribution is 2.34. The molecule has 0 aliphatic rings. The van der Waals surface area contributed by atoms with Crippen LogP contribution in [0, 0.1) is 11.3 Å². The number of nitriles is 1. The lowest BCUT2D eigenvalue weighted by Gasteiger charge is -2.16. The number of nitrogens with zero attached hydrogens (tertiary/aromatic N) is 2. The summed E-state index contributed by atoms with van der Waals surface area (Å²) in [5.41, 5.74) is 6.45. The first kappa shape index (κ1) is 18.2. The molecule has 0 saturated heterocycles. The topological polar surface area (TPSA) is 130 Å². The van der Waals surface area contributed by atoms with Crippen molar-refractivity contribution in [3.8, 4) is 6.07 Å². The number of carbonyl (C=O) groups excluding carboxylic acids is 1. The quantitative estimate of drug-likeness (QED) is 0.640. The Balaban J connectivity index is 2.35. The molecule has 7 nitrogen and oxygen atoms in total. The second-order valence-corrected chi connectivity index (χ2v) is 8.35. The zero-order chi connectivity index (χ0) is 19.1. The molecule has 3 N–H and O–H groups in total. The summed E-state index contributed by atoms with van der Waals surface area (Å²) >= 11 is 6.17. The van der Waals surface area contributed by atoms with Crippen molar-refractivity contribution >= 4 is 48.3 Å². The third kappa shape index (κ3) is 3.24. The van der Waals surface area contributed by atoms with Gasteiger partial charge in [0, 0.05) is 15.7 Å². The number of hydrogen-bond donors (Lipinski definition) is 2. The number of benzene rings is 2. The van der Waals surface area contributed by atoms with E-state index in [0.717, 1.165) is 0 Å². The molecule has 0 aliphatic carbocycles. The number of amides is 1. The van der Waals surface area contributed by atoms with Gasteiger partial charge < -0.3 is 10.7 Å². The maximum absolute atomic E-state index is 12.1. The van der Waals surface area contributed by atoms with E-state index < -0.39 is 20.9 Å². The first-order chi connectivity index (χ1) is 12.2. The average Bonchev–Trinajstić information content (AvgIpc) is 2.98. The summed E-state index contributed by atoms with van der Waals surface area (Å²) in [5, 5.41) is 9.30. The van der Waals surface area contributed by atoms with E-state index in [1.54, 1.807) is 30.3 Å². The molecule has 2 aromatic carbocycles. The zero-order valence-electron chi connectivity index (χ0n) is 12.9. The second kappa shape index (κ2) is 6.61. The molecule has 1 aromatic heterocycles. The van der Waals surface area contributed by atoms with E-state index in [2.05, 4.69) is 9.97 Å². The van der Waals surface area contributed by atoms with Gasteiger partial charge in [-0.3, -0.25) is 4.79 Å². The van der Waals surface area contributed by atoms with E-state index in [9.17, 15) is 13.2 Å². The van der Waals surface area contributed by atoms with Crippen LogP contribution in [0.25, 0.3) is 11.0 Å². The number of fused-ring (bicyclic) bond motifs is 1. The molecule has 1 atom stereocenters. The van der Waals surface area contributed by atoms with Crippen molar-refractivity contribution in [3.05, 3.63) is 58.4 Å². The van der Waals surface area contributed by atoms with Gasteiger partial charge in [-0.25, -0.2) is 13.4 Å². The molecular formula is C16H10Cl2N4O3S. The normalized spacial score (nSPS) is 12.7. The molecule has 0 spiro atoms. The van der Waals surface area contributed by atoms with Crippen LogP contribution in [0.2, 0.25) is 5.02 Å². The first-order valence-corrected chi connectivity index (χ1v) is 9.83. The maximum atomic E-state index is 12.1. The summed E-state index contributed by atoms with van der Waals surface area (Å²) in [7, 11) is 1.31. The Morgan fingerprint density at radius 1 is 1.31 bits per heavy atom. The fraction of sp³-hybridized carbons (Fsp3) is 0.0625. The maximum Gasteiger partial charge on any atom is 0.263 e. The van der Waals surface area contributed by atoms with Crippen molar-refractivity contribution in [1.82, 2.24) is 9.97 Å². The minimum Gasteiger partial charge on any atom is -0.369 e. The highest BCUT2D eigenvalue weighted by molar-refractivity contribution is 8.14. The highest BCUT2D eigenvalue weighted by atomic mass is 35.7. The monoisotopic (exact) mass is 408 g/mol. The summed E-state index contributed by atoms with van der Waals surface area (Å²) < 4.78 is 24.0. The molecule has 10 heteroatoms. The van der Waals surface area contributed by atoms with Gasteiger partial charge in [-0.15, -0.1) is 0 Å². The fourth-order valence-electron chi connectivity index (χ4n) is 2.72. The Hall–Kier alpha value is -2.60. The van der Waals surface area contributed by atoms with Crippen LogP contribution in [-0.4, -0.2) is 24.3 Å². The van der Waals surface area contributed by atoms with Crippen LogP contribution in [0.3, 0.4) is 0 Å². The number of primary amides is 1. The fourth-order valence-corrected chi connectivity index (χ4v) is 3.98. The van der Waals surface area contributed by atoms with Crippen molar-refractivity contribution in [2.24, 2.45) is 5.73 Å². The number of H-pyrrole nitrogens is 1. The van der Waals surface area contributed by atoms with Crippen LogP contribution in [0.1, 0.15) is 22.9 Å². The summed E-state index contributed by atoms with van der Waals surface area (Å²) in [4.78, 5) is 18.4. The number of nitrogens with two attached hydrogens (primary N) is 1. The molecule has 1 heterocycles. The van der Waals surface area contributed by atoms with Gasteiger partial charge in [0.05, 0.1) is 11.4 Å². The SMILES string of the molecule is N#Cc1nc2c(S(=O)(=O)Cl)cc(C(C(N)=O)c3ccccc3Cl)cc2[nH]1. The minimum absolute atomic E-state index is 0.00248. The Morgan fingerprint density at radius 2 is 2.00 bits per heavy atom. The van der Waals surface area contributed by atoms with Crippen molar-refractivity contribution in [3.63, 3.8) is 0 Å². The molecule has 1 unspecified atom stereocenters. The molecule has 3 aromatic rings. The van der Waals surface area contributed by atoms with Crippen molar-refractivity contribution in [2.75, 3.05) is 0 Å². The molecule has 3 rings (SSSR count). The predicted molar refractivity (Wildman–Crippen MR) is 96.3 cm³/mol. The van der Waals surface area contributed by atoms with Crippen LogP contribution in [0.15, 0.2) is 41.3 Å². The van der Waals surface area contributed by atoms with Crippen molar-refractivity contribution in [2.45, 2.75) is 10.8 Å². The number of aromatic amines is 1. The van der Waals surface area contributed by atoms with Crippen LogP contribution < -0.4 is 5.73 Å². The lowest BCUT2D eigenvalue weighted by molar-refractivity contribution is -0.118. The molecular weight excluding hydrogens is 399 g/mol. The minimum atomic E-state index is -4.20. The van der Waals surface area contributed by atoms with Crippen molar-refractivity contribution in [1.29, 1.82) is 5.26 Å². The number of imidazole rings is 1. The van der Waals surface area contributed by atoms with E-state index in [1.807, 2.05) is 0 Å². The lowest BCUT2D eigenvalue weighted by Crippen LogP contribution is -2.23. The van der Waals surface area contributed by atoms with Gasteiger partial charge in [0.2, 0.25) is 11.7 Å². The molecule has 0 saturated carbocycles. The third-order valence-electron chi connectivity index (χ3n) is 3.78. The largest absolute Gasteiger partial charge is 0.369 e. The summed E-state index contributed by atoms with van der Waals surface area (Å²) in [5.74, 6) is -1.83. The lowest BCUT2D eigenvalue weighted by atomic mass is 9.90. The molecule has 1 amide bonds.